The fourth-order valence-corrected chi connectivity index (χ4v) is 3.86. The van der Waals surface area contributed by atoms with Gasteiger partial charge in [0.05, 0.1) is 4.34 Å². The lowest BCUT2D eigenvalue weighted by atomic mass is 10.0. The molecule has 1 unspecified atom stereocenters. The number of benzene rings is 1. The first-order valence-corrected chi connectivity index (χ1v) is 7.30. The van der Waals surface area contributed by atoms with Crippen LogP contribution >= 0.6 is 62.1 Å². The first kappa shape index (κ1) is 13.7. The maximum absolute atomic E-state index is 10.2. The van der Waals surface area contributed by atoms with Crippen LogP contribution in [0.4, 0.5) is 0 Å². The number of rotatable bonds is 2. The molecule has 1 heterocycles. The molecule has 1 N–H and O–H groups in total. The normalized spacial score (nSPS) is 12.8. The van der Waals surface area contributed by atoms with Gasteiger partial charge in [-0.05, 0) is 29.8 Å². The number of hydrogen-bond donors (Lipinski definition) is 1. The summed E-state index contributed by atoms with van der Waals surface area (Å²) in [6.07, 6.45) is -0.832. The van der Waals surface area contributed by atoms with Crippen molar-refractivity contribution in [1.82, 2.24) is 0 Å². The van der Waals surface area contributed by atoms with E-state index < -0.39 is 6.10 Å². The fourth-order valence-electron chi connectivity index (χ4n) is 1.45. The third-order valence-corrected chi connectivity index (χ3v) is 4.37. The Balaban J connectivity index is 2.43. The maximum Gasteiger partial charge on any atom is 0.106 e. The van der Waals surface area contributed by atoms with Gasteiger partial charge in [-0.15, -0.1) is 11.3 Å². The number of aliphatic hydroxyl groups excluding tert-OH is 1. The van der Waals surface area contributed by atoms with Crippen molar-refractivity contribution in [1.29, 1.82) is 0 Å². The van der Waals surface area contributed by atoms with Crippen molar-refractivity contribution < 1.29 is 5.11 Å². The minimum Gasteiger partial charge on any atom is -0.384 e. The van der Waals surface area contributed by atoms with Gasteiger partial charge in [0.15, 0.2) is 0 Å². The molecule has 2 aromatic rings. The Labute approximate surface area is 126 Å². The van der Waals surface area contributed by atoms with Crippen LogP contribution in [0.15, 0.2) is 28.7 Å². The minimum absolute atomic E-state index is 0.485. The van der Waals surface area contributed by atoms with E-state index in [1.165, 1.54) is 11.3 Å². The molecule has 0 bridgehead atoms. The van der Waals surface area contributed by atoms with Crippen LogP contribution in [0.5, 0.6) is 0 Å². The van der Waals surface area contributed by atoms with Gasteiger partial charge in [-0.25, -0.2) is 0 Å². The molecule has 1 aromatic heterocycles. The van der Waals surface area contributed by atoms with Crippen LogP contribution < -0.4 is 0 Å². The highest BCUT2D eigenvalue weighted by Crippen LogP contribution is 2.38. The van der Waals surface area contributed by atoms with Crippen molar-refractivity contribution in [2.75, 3.05) is 0 Å². The molecule has 6 heteroatoms. The van der Waals surface area contributed by atoms with E-state index in [1.807, 2.05) is 0 Å². The topological polar surface area (TPSA) is 20.2 Å². The second kappa shape index (κ2) is 5.47. The van der Waals surface area contributed by atoms with Crippen molar-refractivity contribution in [3.63, 3.8) is 0 Å². The summed E-state index contributed by atoms with van der Waals surface area (Å²) >= 11 is 22.3. The van der Waals surface area contributed by atoms with Gasteiger partial charge in [0.25, 0.3) is 0 Å². The van der Waals surface area contributed by atoms with Gasteiger partial charge >= 0.3 is 0 Å². The highest BCUT2D eigenvalue weighted by atomic mass is 79.9. The van der Waals surface area contributed by atoms with Gasteiger partial charge in [0, 0.05) is 15.1 Å². The Morgan fingerprint density at radius 3 is 2.35 bits per heavy atom. The molecule has 0 aliphatic rings. The number of hydrogen-bond acceptors (Lipinski definition) is 2. The van der Waals surface area contributed by atoms with E-state index in [0.29, 0.717) is 24.8 Å². The van der Waals surface area contributed by atoms with Gasteiger partial charge in [-0.3, -0.25) is 0 Å². The Morgan fingerprint density at radius 2 is 1.82 bits per heavy atom. The number of halogens is 4. The monoisotopic (exact) mass is 370 g/mol. The highest BCUT2D eigenvalue weighted by molar-refractivity contribution is 9.10. The molecular weight excluding hydrogens is 366 g/mol. The van der Waals surface area contributed by atoms with Gasteiger partial charge in [0.2, 0.25) is 0 Å². The van der Waals surface area contributed by atoms with Crippen LogP contribution in [-0.2, 0) is 0 Å². The zero-order valence-corrected chi connectivity index (χ0v) is 12.9. The van der Waals surface area contributed by atoms with Crippen molar-refractivity contribution in [3.05, 3.63) is 53.6 Å². The summed E-state index contributed by atoms with van der Waals surface area (Å²) in [5.74, 6) is 0. The molecule has 2 rings (SSSR count). The lowest BCUT2D eigenvalue weighted by Gasteiger charge is -2.11. The molecule has 17 heavy (non-hydrogen) atoms. The van der Waals surface area contributed by atoms with Crippen molar-refractivity contribution >= 4 is 62.1 Å². The van der Waals surface area contributed by atoms with Gasteiger partial charge in [-0.1, -0.05) is 50.7 Å². The Kier molecular flexibility index (Phi) is 4.40. The molecule has 0 saturated heterocycles. The summed E-state index contributed by atoms with van der Waals surface area (Å²) in [6, 6.07) is 6.89. The molecule has 0 amide bonds. The summed E-state index contributed by atoms with van der Waals surface area (Å²) in [5.41, 5.74) is 1.26. The van der Waals surface area contributed by atoms with E-state index >= 15 is 0 Å². The molecule has 0 saturated carbocycles. The zero-order chi connectivity index (χ0) is 12.6. The van der Waals surface area contributed by atoms with E-state index in [1.54, 1.807) is 24.3 Å². The predicted molar refractivity (Wildman–Crippen MR) is 77.6 cm³/mol. The minimum atomic E-state index is -0.832. The van der Waals surface area contributed by atoms with E-state index in [0.717, 1.165) is 4.47 Å². The van der Waals surface area contributed by atoms with Crippen LogP contribution in [0.2, 0.25) is 13.7 Å². The van der Waals surface area contributed by atoms with Crippen molar-refractivity contribution in [2.45, 2.75) is 6.10 Å². The standard InChI is InChI=1S/C11H6BrCl3OS/c12-6-1-5(2-7(13)3-6)10(16)8-4-9(14)17-11(8)15/h1-4,10,16H. The summed E-state index contributed by atoms with van der Waals surface area (Å²) in [7, 11) is 0. The second-order valence-corrected chi connectivity index (χ2v) is 7.02. The van der Waals surface area contributed by atoms with Gasteiger partial charge in [0.1, 0.15) is 10.4 Å². The van der Waals surface area contributed by atoms with Crippen molar-refractivity contribution in [2.24, 2.45) is 0 Å². The molecule has 0 radical (unpaired) electrons. The zero-order valence-electron chi connectivity index (χ0n) is 8.25. The van der Waals surface area contributed by atoms with Crippen LogP contribution in [0.25, 0.3) is 0 Å². The van der Waals surface area contributed by atoms with E-state index in [4.69, 9.17) is 34.8 Å². The molecule has 0 fully saturated rings. The third kappa shape index (κ3) is 3.16. The Hall–Kier alpha value is 0.230. The van der Waals surface area contributed by atoms with Crippen LogP contribution in [-0.4, -0.2) is 5.11 Å². The number of aliphatic hydroxyl groups is 1. The fraction of sp³-hybridized carbons (Fsp3) is 0.0909. The average Bonchev–Trinajstić information content (AvgIpc) is 2.55. The van der Waals surface area contributed by atoms with Crippen molar-refractivity contribution in [3.8, 4) is 0 Å². The molecule has 90 valence electrons. The highest BCUT2D eigenvalue weighted by Gasteiger charge is 2.17. The first-order valence-electron chi connectivity index (χ1n) is 4.56. The lowest BCUT2D eigenvalue weighted by Crippen LogP contribution is -1.98. The molecule has 0 aliphatic heterocycles. The van der Waals surface area contributed by atoms with Crippen LogP contribution in [0, 0.1) is 0 Å². The molecule has 0 spiro atoms. The van der Waals surface area contributed by atoms with Crippen LogP contribution in [0.3, 0.4) is 0 Å². The van der Waals surface area contributed by atoms with E-state index in [9.17, 15) is 5.11 Å². The predicted octanol–water partition coefficient (Wildman–Crippen LogP) is 5.55. The third-order valence-electron chi connectivity index (χ3n) is 2.18. The second-order valence-electron chi connectivity index (χ2n) is 3.38. The molecule has 1 atom stereocenters. The SMILES string of the molecule is OC(c1cc(Cl)cc(Br)c1)c1cc(Cl)sc1Cl. The average molecular weight is 372 g/mol. The summed E-state index contributed by atoms with van der Waals surface area (Å²) < 4.78 is 1.83. The quantitative estimate of drug-likeness (QED) is 0.732. The Bertz CT molecular complexity index is 535. The van der Waals surface area contributed by atoms with Crippen LogP contribution in [0.1, 0.15) is 17.2 Å². The summed E-state index contributed by atoms with van der Waals surface area (Å²) in [5, 5.41) is 10.8. The maximum atomic E-state index is 10.2. The smallest absolute Gasteiger partial charge is 0.106 e. The first-order chi connectivity index (χ1) is 7.97. The van der Waals surface area contributed by atoms with E-state index in [-0.39, 0.29) is 0 Å². The molecule has 1 nitrogen and oxygen atoms in total. The summed E-state index contributed by atoms with van der Waals surface area (Å²) in [6.45, 7) is 0. The Morgan fingerprint density at radius 1 is 1.12 bits per heavy atom. The molecule has 0 aliphatic carbocycles. The molecular formula is C11H6BrCl3OS. The largest absolute Gasteiger partial charge is 0.384 e. The van der Waals surface area contributed by atoms with Gasteiger partial charge < -0.3 is 5.11 Å². The number of thiophene rings is 1. The van der Waals surface area contributed by atoms with E-state index in [2.05, 4.69) is 15.9 Å². The van der Waals surface area contributed by atoms with Gasteiger partial charge in [-0.2, -0.15) is 0 Å². The lowest BCUT2D eigenvalue weighted by molar-refractivity contribution is 0.221. The summed E-state index contributed by atoms with van der Waals surface area (Å²) in [4.78, 5) is 0. The molecule has 1 aromatic carbocycles.